The summed E-state index contributed by atoms with van der Waals surface area (Å²) in [5, 5.41) is 2.25. The standard InChI is InChI=1S/C24H26F3O3S/c1-16-13-20(31-11-5-6-12-31)14-17(2)22(16)29-15-21(28)30-23(3,4)18-7-9-19(10-8-18)24(25,26)27/h5,7-11,13-14H,6,12,15H2,1-4H3/q+1. The lowest BCUT2D eigenvalue weighted by molar-refractivity contribution is -0.160. The summed E-state index contributed by atoms with van der Waals surface area (Å²) >= 11 is 0. The molecule has 1 unspecified atom stereocenters. The van der Waals surface area contributed by atoms with Crippen molar-refractivity contribution < 1.29 is 27.4 Å². The first-order valence-electron chi connectivity index (χ1n) is 9.97. The molecule has 0 N–H and O–H groups in total. The van der Waals surface area contributed by atoms with Crippen molar-refractivity contribution in [1.82, 2.24) is 0 Å². The minimum absolute atomic E-state index is 0.128. The van der Waals surface area contributed by atoms with Crippen molar-refractivity contribution >= 4 is 16.9 Å². The van der Waals surface area contributed by atoms with Gasteiger partial charge in [-0.05, 0) is 62.6 Å². The van der Waals surface area contributed by atoms with E-state index in [1.54, 1.807) is 13.8 Å². The highest BCUT2D eigenvalue weighted by molar-refractivity contribution is 7.99. The average Bonchev–Trinajstić information content (AvgIpc) is 3.21. The van der Waals surface area contributed by atoms with Crippen LogP contribution in [0.25, 0.3) is 0 Å². The number of alkyl halides is 3. The molecule has 7 heteroatoms. The zero-order valence-electron chi connectivity index (χ0n) is 18.0. The monoisotopic (exact) mass is 451 g/mol. The Labute approximate surface area is 183 Å². The van der Waals surface area contributed by atoms with E-state index in [4.69, 9.17) is 9.47 Å². The van der Waals surface area contributed by atoms with Crippen molar-refractivity contribution in [1.29, 1.82) is 0 Å². The van der Waals surface area contributed by atoms with Crippen molar-refractivity contribution in [3.05, 3.63) is 70.1 Å². The lowest BCUT2D eigenvalue weighted by atomic mass is 9.97. The van der Waals surface area contributed by atoms with Gasteiger partial charge in [-0.3, -0.25) is 0 Å². The molecule has 2 aromatic carbocycles. The van der Waals surface area contributed by atoms with Crippen LogP contribution in [-0.4, -0.2) is 18.3 Å². The van der Waals surface area contributed by atoms with Gasteiger partial charge < -0.3 is 9.47 Å². The van der Waals surface area contributed by atoms with Crippen LogP contribution in [0.2, 0.25) is 0 Å². The summed E-state index contributed by atoms with van der Waals surface area (Å²) in [6.45, 7) is 6.89. The number of rotatable bonds is 6. The largest absolute Gasteiger partial charge is 0.481 e. The molecule has 1 aliphatic rings. The zero-order valence-corrected chi connectivity index (χ0v) is 18.8. The highest BCUT2D eigenvalue weighted by Gasteiger charge is 2.32. The van der Waals surface area contributed by atoms with Crippen molar-refractivity contribution in [3.8, 4) is 5.75 Å². The van der Waals surface area contributed by atoms with E-state index < -0.39 is 23.3 Å². The molecule has 0 spiro atoms. The number of hydrogen-bond donors (Lipinski definition) is 0. The Hall–Kier alpha value is -2.41. The summed E-state index contributed by atoms with van der Waals surface area (Å²) < 4.78 is 49.5. The molecular weight excluding hydrogens is 425 g/mol. The Morgan fingerprint density at radius 2 is 1.61 bits per heavy atom. The molecule has 0 amide bonds. The number of carbonyl (C=O) groups is 1. The summed E-state index contributed by atoms with van der Waals surface area (Å²) in [4.78, 5) is 13.7. The van der Waals surface area contributed by atoms with E-state index >= 15 is 0 Å². The summed E-state index contributed by atoms with van der Waals surface area (Å²) in [5.41, 5.74) is 0.547. The highest BCUT2D eigenvalue weighted by atomic mass is 32.2. The van der Waals surface area contributed by atoms with Crippen LogP contribution in [0.15, 0.2) is 52.8 Å². The minimum atomic E-state index is -4.41. The van der Waals surface area contributed by atoms with Gasteiger partial charge in [-0.15, -0.1) is 0 Å². The molecule has 0 saturated carbocycles. The van der Waals surface area contributed by atoms with Crippen LogP contribution in [0.4, 0.5) is 13.2 Å². The van der Waals surface area contributed by atoms with Crippen LogP contribution in [0.1, 0.15) is 42.5 Å². The first-order valence-corrected chi connectivity index (χ1v) is 11.4. The topological polar surface area (TPSA) is 35.5 Å². The van der Waals surface area contributed by atoms with E-state index in [-0.39, 0.29) is 17.5 Å². The lowest BCUT2D eigenvalue weighted by Gasteiger charge is -2.26. The normalized spacial score (nSPS) is 16.4. The minimum Gasteiger partial charge on any atom is -0.481 e. The van der Waals surface area contributed by atoms with Gasteiger partial charge in [0, 0.05) is 18.6 Å². The number of hydrogen-bond acceptors (Lipinski definition) is 3. The van der Waals surface area contributed by atoms with Gasteiger partial charge >= 0.3 is 12.1 Å². The number of allylic oxidation sites excluding steroid dienone is 1. The molecule has 0 aromatic heterocycles. The predicted molar refractivity (Wildman–Crippen MR) is 116 cm³/mol. The van der Waals surface area contributed by atoms with Crippen LogP contribution in [0, 0.1) is 13.8 Å². The van der Waals surface area contributed by atoms with Crippen molar-refractivity contribution in [2.24, 2.45) is 0 Å². The molecule has 0 fully saturated rings. The number of aryl methyl sites for hydroxylation is 2. The fraction of sp³-hybridized carbons (Fsp3) is 0.375. The molecule has 1 atom stereocenters. The first-order chi connectivity index (χ1) is 14.5. The average molecular weight is 452 g/mol. The maximum absolute atomic E-state index is 12.8. The van der Waals surface area contributed by atoms with Gasteiger partial charge in [0.15, 0.2) is 11.5 Å². The third-order valence-electron chi connectivity index (χ3n) is 5.11. The van der Waals surface area contributed by atoms with Crippen molar-refractivity contribution in [2.75, 3.05) is 12.4 Å². The van der Waals surface area contributed by atoms with Crippen LogP contribution in [-0.2, 0) is 32.2 Å². The van der Waals surface area contributed by atoms with Crippen LogP contribution in [0.5, 0.6) is 5.75 Å². The second-order valence-electron chi connectivity index (χ2n) is 8.03. The Balaban J connectivity index is 1.63. The second kappa shape index (κ2) is 8.99. The van der Waals surface area contributed by atoms with E-state index in [1.807, 2.05) is 13.8 Å². The lowest BCUT2D eigenvalue weighted by Crippen LogP contribution is -2.29. The molecule has 1 aliphatic heterocycles. The Kier molecular flexibility index (Phi) is 6.74. The molecule has 0 bridgehead atoms. The molecule has 1 heterocycles. The van der Waals surface area contributed by atoms with E-state index in [2.05, 4.69) is 23.6 Å². The number of ether oxygens (including phenoxy) is 2. The molecule has 2 aromatic rings. The molecular formula is C24H26F3O3S+. The van der Waals surface area contributed by atoms with Crippen LogP contribution in [0.3, 0.4) is 0 Å². The molecule has 0 aliphatic carbocycles. The van der Waals surface area contributed by atoms with Crippen molar-refractivity contribution in [3.63, 3.8) is 0 Å². The number of carbonyl (C=O) groups excluding carboxylic acids is 1. The maximum atomic E-state index is 12.8. The molecule has 3 nitrogen and oxygen atoms in total. The third kappa shape index (κ3) is 5.64. The fourth-order valence-electron chi connectivity index (χ4n) is 3.50. The first kappa shape index (κ1) is 23.3. The summed E-state index contributed by atoms with van der Waals surface area (Å²) in [6.07, 6.45) is -1.11. The Bertz CT molecular complexity index is 956. The maximum Gasteiger partial charge on any atom is 0.416 e. The van der Waals surface area contributed by atoms with Gasteiger partial charge in [-0.25, -0.2) is 4.79 Å². The third-order valence-corrected chi connectivity index (χ3v) is 7.15. The summed E-state index contributed by atoms with van der Waals surface area (Å²) in [7, 11) is 0.128. The van der Waals surface area contributed by atoms with Gasteiger partial charge in [0.1, 0.15) is 22.5 Å². The second-order valence-corrected chi connectivity index (χ2v) is 10.0. The van der Waals surface area contributed by atoms with Gasteiger partial charge in [-0.2, -0.15) is 13.2 Å². The smallest absolute Gasteiger partial charge is 0.416 e. The fourth-order valence-corrected chi connectivity index (χ4v) is 5.44. The number of esters is 1. The molecule has 31 heavy (non-hydrogen) atoms. The van der Waals surface area contributed by atoms with Gasteiger partial charge in [0.2, 0.25) is 0 Å². The van der Waals surface area contributed by atoms with E-state index in [1.165, 1.54) is 17.0 Å². The summed E-state index contributed by atoms with van der Waals surface area (Å²) in [6, 6.07) is 8.80. The van der Waals surface area contributed by atoms with Gasteiger partial charge in [-0.1, -0.05) is 12.1 Å². The molecule has 0 saturated heterocycles. The van der Waals surface area contributed by atoms with Crippen molar-refractivity contribution in [2.45, 2.75) is 50.8 Å². The van der Waals surface area contributed by atoms with Crippen LogP contribution < -0.4 is 4.74 Å². The zero-order chi connectivity index (χ0) is 22.8. The van der Waals surface area contributed by atoms with Crippen LogP contribution >= 0.6 is 0 Å². The Morgan fingerprint density at radius 1 is 1.03 bits per heavy atom. The SMILES string of the molecule is Cc1cc([S+]2C=CCC2)cc(C)c1OCC(=O)OC(C)(C)c1ccc(C(F)(F)F)cc1. The number of halogens is 3. The molecule has 0 radical (unpaired) electrons. The Morgan fingerprint density at radius 3 is 2.13 bits per heavy atom. The number of benzene rings is 2. The molecule has 166 valence electrons. The quantitative estimate of drug-likeness (QED) is 0.395. The predicted octanol–water partition coefficient (Wildman–Crippen LogP) is 6.07. The molecule has 3 rings (SSSR count). The van der Waals surface area contributed by atoms with E-state index in [0.29, 0.717) is 11.3 Å². The van der Waals surface area contributed by atoms with E-state index in [9.17, 15) is 18.0 Å². The van der Waals surface area contributed by atoms with Gasteiger partial charge in [0.05, 0.1) is 16.5 Å². The summed E-state index contributed by atoms with van der Waals surface area (Å²) in [5.74, 6) is 1.19. The highest BCUT2D eigenvalue weighted by Crippen LogP contribution is 2.33. The van der Waals surface area contributed by atoms with Gasteiger partial charge in [0.25, 0.3) is 0 Å². The van der Waals surface area contributed by atoms with E-state index in [0.717, 1.165) is 35.4 Å².